The number of amides is 2. The van der Waals surface area contributed by atoms with Gasteiger partial charge >= 0.3 is 5.97 Å². The van der Waals surface area contributed by atoms with Crippen molar-refractivity contribution < 1.29 is 28.3 Å². The van der Waals surface area contributed by atoms with Crippen LogP contribution in [0.3, 0.4) is 0 Å². The number of anilines is 2. The van der Waals surface area contributed by atoms with E-state index < -0.39 is 60.1 Å². The summed E-state index contributed by atoms with van der Waals surface area (Å²) in [5.41, 5.74) is -1.11. The lowest BCUT2D eigenvalue weighted by Crippen LogP contribution is -2.54. The van der Waals surface area contributed by atoms with E-state index in [1.807, 2.05) is 12.2 Å². The second kappa shape index (κ2) is 7.95. The number of alkyl halides is 2. The molecule has 8 nitrogen and oxygen atoms in total. The molecule has 0 bridgehead atoms. The van der Waals surface area contributed by atoms with Crippen LogP contribution in [0.25, 0.3) is 6.08 Å². The van der Waals surface area contributed by atoms with E-state index in [1.165, 1.54) is 23.5 Å². The number of aromatic nitrogens is 1. The molecule has 0 radical (unpaired) electrons. The van der Waals surface area contributed by atoms with Gasteiger partial charge in [-0.2, -0.15) is 0 Å². The fraction of sp³-hybridized carbons (Fsp3) is 0.391. The van der Waals surface area contributed by atoms with Crippen LogP contribution in [-0.2, 0) is 26.3 Å². The maximum Gasteiger partial charge on any atom is 0.310 e. The molecule has 1 aromatic heterocycles. The predicted molar refractivity (Wildman–Crippen MR) is 130 cm³/mol. The summed E-state index contributed by atoms with van der Waals surface area (Å²) in [4.78, 5) is 46.3. The molecule has 1 spiro atoms. The summed E-state index contributed by atoms with van der Waals surface area (Å²) < 4.78 is 29.6. The maximum absolute atomic E-state index is 14.8. The molecule has 3 aliphatic heterocycles. The highest BCUT2D eigenvalue weighted by molar-refractivity contribution is 7.16. The lowest BCUT2D eigenvalue weighted by molar-refractivity contribution is -0.153. The monoisotopic (exact) mass is 554 g/mol. The zero-order chi connectivity index (χ0) is 25.6. The number of allylic oxidation sites excluding steroid dienone is 1. The van der Waals surface area contributed by atoms with Gasteiger partial charge in [-0.3, -0.25) is 19.3 Å². The van der Waals surface area contributed by atoms with Crippen molar-refractivity contribution in [3.63, 3.8) is 0 Å². The molecule has 4 aliphatic rings. The second-order valence-electron chi connectivity index (χ2n) is 9.39. The molecule has 1 aromatic carbocycles. The number of carbonyl (C=O) groups is 3. The molecule has 1 aliphatic carbocycles. The molecule has 2 fully saturated rings. The van der Waals surface area contributed by atoms with Gasteiger partial charge in [0.2, 0.25) is 5.91 Å². The first-order valence-electron chi connectivity index (χ1n) is 11.2. The molecule has 13 heteroatoms. The van der Waals surface area contributed by atoms with E-state index in [1.54, 1.807) is 0 Å². The number of fused-ring (bicyclic) bond motifs is 5. The van der Waals surface area contributed by atoms with Gasteiger partial charge in [0.15, 0.2) is 5.13 Å². The van der Waals surface area contributed by atoms with Crippen molar-refractivity contribution in [1.82, 2.24) is 9.88 Å². The number of carbonyl (C=O) groups excluding carboxylic acids is 2. The number of aliphatic carboxylic acids is 1. The summed E-state index contributed by atoms with van der Waals surface area (Å²) in [5, 5.41) is 16.0. The van der Waals surface area contributed by atoms with E-state index in [-0.39, 0.29) is 26.4 Å². The van der Waals surface area contributed by atoms with Gasteiger partial charge in [0.05, 0.1) is 33.7 Å². The topological polar surface area (TPSA) is 112 Å². The summed E-state index contributed by atoms with van der Waals surface area (Å²) >= 11 is 13.7. The molecular weight excluding hydrogens is 537 g/mol. The summed E-state index contributed by atoms with van der Waals surface area (Å²) in [5.74, 6) is -9.46. The minimum atomic E-state index is -3.24. The minimum absolute atomic E-state index is 0.0451. The third kappa shape index (κ3) is 3.26. The zero-order valence-corrected chi connectivity index (χ0v) is 20.7. The van der Waals surface area contributed by atoms with E-state index in [0.29, 0.717) is 6.42 Å². The number of hydrogen-bond acceptors (Lipinski definition) is 6. The second-order valence-corrected chi connectivity index (χ2v) is 11.3. The van der Waals surface area contributed by atoms with Gasteiger partial charge < -0.3 is 15.7 Å². The Kier molecular flexibility index (Phi) is 5.25. The first-order valence-corrected chi connectivity index (χ1v) is 12.8. The number of thiazole rings is 1. The molecule has 2 aromatic rings. The van der Waals surface area contributed by atoms with E-state index >= 15 is 0 Å². The van der Waals surface area contributed by atoms with E-state index in [2.05, 4.69) is 15.6 Å². The highest BCUT2D eigenvalue weighted by Crippen LogP contribution is 2.61. The van der Waals surface area contributed by atoms with Crippen LogP contribution in [0.4, 0.5) is 19.6 Å². The quantitative estimate of drug-likeness (QED) is 0.523. The molecule has 0 saturated carbocycles. The Morgan fingerprint density at radius 3 is 2.81 bits per heavy atom. The minimum Gasteiger partial charge on any atom is -0.481 e. The maximum atomic E-state index is 14.8. The summed E-state index contributed by atoms with van der Waals surface area (Å²) in [7, 11) is 0. The Morgan fingerprint density at radius 2 is 2.08 bits per heavy atom. The van der Waals surface area contributed by atoms with Gasteiger partial charge in [-0.05, 0) is 31.1 Å². The first-order chi connectivity index (χ1) is 17.0. The molecule has 4 atom stereocenters. The molecule has 3 N–H and O–H groups in total. The van der Waals surface area contributed by atoms with Gasteiger partial charge in [0.25, 0.3) is 11.8 Å². The van der Waals surface area contributed by atoms with Crippen LogP contribution >= 0.6 is 34.5 Å². The SMILES string of the molecule is O=C(Nc1nc2c(s1)C=CCC2)[C@H]1[C@H]2CC(F)(F)CN2[C@]2(C(=O)Nc3c(Cl)cc(Cl)cc32)[C@H]1C(=O)O. The van der Waals surface area contributed by atoms with Crippen molar-refractivity contribution in [3.8, 4) is 0 Å². The van der Waals surface area contributed by atoms with Crippen LogP contribution in [0, 0.1) is 11.8 Å². The molecule has 2 saturated heterocycles. The van der Waals surface area contributed by atoms with Gasteiger partial charge in [-0.25, -0.2) is 13.8 Å². The normalized spacial score (nSPS) is 29.7. The Labute approximate surface area is 217 Å². The smallest absolute Gasteiger partial charge is 0.310 e. The largest absolute Gasteiger partial charge is 0.481 e. The standard InChI is InChI=1S/C23H18Cl2F2N4O4S/c24-9-5-10-17(11(25)6-9)29-20(35)23(10)16(19(33)34)15(13-7-22(26,27)8-31(13)23)18(32)30-21-28-12-3-1-2-4-14(12)36-21/h2,4-6,13,15-16H,1,3,7-8H2,(H,29,35)(H,33,34)(H,28,30,32)/t13-,15+,16-,23+/m1/s1. The average molecular weight is 555 g/mol. The van der Waals surface area contributed by atoms with Gasteiger partial charge in [0, 0.05) is 23.0 Å². The van der Waals surface area contributed by atoms with Crippen LogP contribution in [0.5, 0.6) is 0 Å². The Bertz CT molecular complexity index is 1380. The van der Waals surface area contributed by atoms with Crippen molar-refractivity contribution in [3.05, 3.63) is 44.4 Å². The van der Waals surface area contributed by atoms with Crippen molar-refractivity contribution in [2.24, 2.45) is 11.8 Å². The van der Waals surface area contributed by atoms with Gasteiger partial charge in [-0.1, -0.05) is 40.6 Å². The fourth-order valence-electron chi connectivity index (χ4n) is 6.13. The van der Waals surface area contributed by atoms with Crippen LogP contribution in [-0.4, -0.2) is 51.3 Å². The number of hydrogen-bond donors (Lipinski definition) is 3. The molecule has 2 amide bonds. The molecule has 188 valence electrons. The first kappa shape index (κ1) is 23.8. The van der Waals surface area contributed by atoms with Crippen LogP contribution < -0.4 is 10.6 Å². The van der Waals surface area contributed by atoms with Crippen molar-refractivity contribution in [2.45, 2.75) is 36.8 Å². The lowest BCUT2D eigenvalue weighted by Gasteiger charge is -2.35. The molecule has 6 rings (SSSR count). The average Bonchev–Trinajstić information content (AvgIpc) is 3.48. The number of halogens is 4. The van der Waals surface area contributed by atoms with Crippen LogP contribution in [0.2, 0.25) is 10.0 Å². The highest BCUT2D eigenvalue weighted by Gasteiger charge is 2.74. The van der Waals surface area contributed by atoms with Crippen molar-refractivity contribution in [2.75, 3.05) is 17.2 Å². The third-order valence-corrected chi connectivity index (χ3v) is 8.88. The third-order valence-electron chi connectivity index (χ3n) is 7.38. The Morgan fingerprint density at radius 1 is 1.31 bits per heavy atom. The molecule has 4 heterocycles. The van der Waals surface area contributed by atoms with E-state index in [0.717, 1.165) is 21.9 Å². The molecular formula is C23H18Cl2F2N4O4S. The summed E-state index contributed by atoms with van der Waals surface area (Å²) in [6.45, 7) is -0.890. The van der Waals surface area contributed by atoms with Crippen LogP contribution in [0.15, 0.2) is 18.2 Å². The Hall–Kier alpha value is -2.60. The number of aryl methyl sites for hydroxylation is 1. The molecule has 0 unspecified atom stereocenters. The van der Waals surface area contributed by atoms with E-state index in [4.69, 9.17) is 23.2 Å². The summed E-state index contributed by atoms with van der Waals surface area (Å²) in [6.07, 6.45) is 4.61. The molecule has 36 heavy (non-hydrogen) atoms. The van der Waals surface area contributed by atoms with Crippen molar-refractivity contribution >= 4 is 69.2 Å². The fourth-order valence-corrected chi connectivity index (χ4v) is 7.61. The van der Waals surface area contributed by atoms with Crippen molar-refractivity contribution in [1.29, 1.82) is 0 Å². The summed E-state index contributed by atoms with van der Waals surface area (Å²) in [6, 6.07) is 1.50. The lowest BCUT2D eigenvalue weighted by atomic mass is 9.73. The highest BCUT2D eigenvalue weighted by atomic mass is 35.5. The zero-order valence-electron chi connectivity index (χ0n) is 18.4. The Balaban J connectivity index is 1.48. The predicted octanol–water partition coefficient (Wildman–Crippen LogP) is 4.24. The number of nitrogens with one attached hydrogen (secondary N) is 2. The number of carboxylic acid groups (broad SMARTS) is 1. The van der Waals surface area contributed by atoms with Gasteiger partial charge in [-0.15, -0.1) is 0 Å². The number of carboxylic acids is 1. The van der Waals surface area contributed by atoms with Crippen LogP contribution in [0.1, 0.15) is 29.0 Å². The number of rotatable bonds is 3. The number of benzene rings is 1. The van der Waals surface area contributed by atoms with E-state index in [9.17, 15) is 28.3 Å². The number of nitrogens with zero attached hydrogens (tertiary/aromatic N) is 2. The van der Waals surface area contributed by atoms with Gasteiger partial charge in [0.1, 0.15) is 11.5 Å².